The molecule has 2 amide bonds. The summed E-state index contributed by atoms with van der Waals surface area (Å²) in [5.41, 5.74) is 1.37. The van der Waals surface area contributed by atoms with Crippen LogP contribution in [0, 0.1) is 11.3 Å². The van der Waals surface area contributed by atoms with Crippen molar-refractivity contribution in [3.63, 3.8) is 0 Å². The van der Waals surface area contributed by atoms with Crippen LogP contribution < -0.4 is 10.6 Å². The van der Waals surface area contributed by atoms with Gasteiger partial charge in [-0.1, -0.05) is 29.8 Å². The number of nitriles is 1. The molecule has 0 fully saturated rings. The van der Waals surface area contributed by atoms with Gasteiger partial charge in [0.1, 0.15) is 6.42 Å². The number of benzene rings is 2. The predicted octanol–water partition coefficient (Wildman–Crippen LogP) is 3.44. The summed E-state index contributed by atoms with van der Waals surface area (Å²) in [5.74, 6) is -0.747. The molecule has 0 saturated heterocycles. The summed E-state index contributed by atoms with van der Waals surface area (Å²) in [5, 5.41) is 14.1. The van der Waals surface area contributed by atoms with Crippen LogP contribution in [0.5, 0.6) is 0 Å². The van der Waals surface area contributed by atoms with E-state index in [1.807, 2.05) is 0 Å². The van der Waals surface area contributed by atoms with Gasteiger partial charge in [-0.2, -0.15) is 5.26 Å². The van der Waals surface area contributed by atoms with Crippen molar-refractivity contribution in [2.45, 2.75) is 6.42 Å². The molecular weight excluding hydrogens is 302 g/mol. The summed E-state index contributed by atoms with van der Waals surface area (Å²) < 4.78 is 0. The number of nitrogens with zero attached hydrogens (tertiary/aromatic N) is 1. The van der Waals surface area contributed by atoms with E-state index < -0.39 is 5.91 Å². The first-order chi connectivity index (χ1) is 10.6. The molecule has 2 aromatic rings. The first kappa shape index (κ1) is 15.5. The van der Waals surface area contributed by atoms with Gasteiger partial charge in [-0.25, -0.2) is 0 Å². The predicted molar refractivity (Wildman–Crippen MR) is 84.7 cm³/mol. The minimum absolute atomic E-state index is 0.226. The summed E-state index contributed by atoms with van der Waals surface area (Å²) >= 11 is 5.97. The summed E-state index contributed by atoms with van der Waals surface area (Å²) in [6.07, 6.45) is -0.226. The lowest BCUT2D eigenvalue weighted by Gasteiger charge is -2.09. The van der Waals surface area contributed by atoms with Gasteiger partial charge in [0.15, 0.2) is 0 Å². The lowest BCUT2D eigenvalue weighted by Crippen LogP contribution is -2.13. The van der Waals surface area contributed by atoms with Gasteiger partial charge in [0.05, 0.1) is 16.7 Å². The number of nitrogens with one attached hydrogen (secondary N) is 2. The molecule has 110 valence electrons. The second-order valence-corrected chi connectivity index (χ2v) is 4.81. The number of hydrogen-bond acceptors (Lipinski definition) is 3. The monoisotopic (exact) mass is 313 g/mol. The quantitative estimate of drug-likeness (QED) is 0.907. The molecule has 0 spiro atoms. The molecular formula is C16H12ClN3O2. The van der Waals surface area contributed by atoms with Crippen molar-refractivity contribution in [2.24, 2.45) is 0 Å². The normalized spacial score (nSPS) is 9.64. The molecule has 6 heteroatoms. The SMILES string of the molecule is N#CCC(=O)Nc1cccc(NC(=O)c2ccccc2Cl)c1. The highest BCUT2D eigenvalue weighted by molar-refractivity contribution is 6.34. The molecule has 2 rings (SSSR count). The minimum Gasteiger partial charge on any atom is -0.325 e. The van der Waals surface area contributed by atoms with Crippen molar-refractivity contribution in [1.29, 1.82) is 5.26 Å². The highest BCUT2D eigenvalue weighted by Gasteiger charge is 2.10. The van der Waals surface area contributed by atoms with Gasteiger partial charge in [0, 0.05) is 11.4 Å². The number of carbonyl (C=O) groups excluding carboxylic acids is 2. The Hall–Kier alpha value is -2.84. The topological polar surface area (TPSA) is 82.0 Å². The Labute approximate surface area is 132 Å². The van der Waals surface area contributed by atoms with Crippen LogP contribution in [0.25, 0.3) is 0 Å². The maximum Gasteiger partial charge on any atom is 0.257 e. The molecule has 5 nitrogen and oxygen atoms in total. The summed E-state index contributed by atoms with van der Waals surface area (Å²) in [6.45, 7) is 0. The third kappa shape index (κ3) is 4.08. The van der Waals surface area contributed by atoms with Crippen LogP contribution >= 0.6 is 11.6 Å². The Balaban J connectivity index is 2.11. The zero-order valence-electron chi connectivity index (χ0n) is 11.5. The second kappa shape index (κ2) is 7.25. The van der Waals surface area contributed by atoms with Crippen molar-refractivity contribution in [1.82, 2.24) is 0 Å². The Bertz CT molecular complexity index is 753. The van der Waals surface area contributed by atoms with Gasteiger partial charge in [0.2, 0.25) is 5.91 Å². The van der Waals surface area contributed by atoms with Gasteiger partial charge in [-0.3, -0.25) is 9.59 Å². The fourth-order valence-corrected chi connectivity index (χ4v) is 2.02. The molecule has 0 aliphatic heterocycles. The maximum atomic E-state index is 12.1. The molecule has 0 atom stereocenters. The molecule has 2 N–H and O–H groups in total. The molecule has 0 aromatic heterocycles. The van der Waals surface area contributed by atoms with Crippen LogP contribution in [0.15, 0.2) is 48.5 Å². The van der Waals surface area contributed by atoms with E-state index >= 15 is 0 Å². The van der Waals surface area contributed by atoms with Gasteiger partial charge < -0.3 is 10.6 Å². The third-order valence-electron chi connectivity index (χ3n) is 2.76. The molecule has 0 radical (unpaired) electrons. The first-order valence-electron chi connectivity index (χ1n) is 6.43. The molecule has 0 aliphatic rings. The number of rotatable bonds is 4. The van der Waals surface area contributed by atoms with Crippen LogP contribution in [0.3, 0.4) is 0 Å². The van der Waals surface area contributed by atoms with Crippen LogP contribution in [-0.2, 0) is 4.79 Å². The Morgan fingerprint density at radius 1 is 1.05 bits per heavy atom. The summed E-state index contributed by atoms with van der Waals surface area (Å²) in [4.78, 5) is 23.5. The highest BCUT2D eigenvalue weighted by Crippen LogP contribution is 2.19. The minimum atomic E-state index is -0.405. The van der Waals surface area contributed by atoms with E-state index in [0.29, 0.717) is 22.0 Å². The zero-order valence-corrected chi connectivity index (χ0v) is 12.2. The molecule has 0 aliphatic carbocycles. The number of halogens is 1. The number of hydrogen-bond donors (Lipinski definition) is 2. The van der Waals surface area contributed by atoms with E-state index in [2.05, 4.69) is 10.6 Å². The van der Waals surface area contributed by atoms with Crippen LogP contribution in [0.2, 0.25) is 5.02 Å². The largest absolute Gasteiger partial charge is 0.325 e. The van der Waals surface area contributed by atoms with Crippen LogP contribution in [-0.4, -0.2) is 11.8 Å². The summed E-state index contributed by atoms with van der Waals surface area (Å²) in [7, 11) is 0. The van der Waals surface area contributed by atoms with E-state index in [-0.39, 0.29) is 12.3 Å². The third-order valence-corrected chi connectivity index (χ3v) is 3.09. The molecule has 2 aromatic carbocycles. The molecule has 0 heterocycles. The van der Waals surface area contributed by atoms with Crippen molar-refractivity contribution in [3.05, 3.63) is 59.1 Å². The zero-order chi connectivity index (χ0) is 15.9. The first-order valence-corrected chi connectivity index (χ1v) is 6.80. The van der Waals surface area contributed by atoms with E-state index in [4.69, 9.17) is 16.9 Å². The Morgan fingerprint density at radius 3 is 2.41 bits per heavy atom. The van der Waals surface area contributed by atoms with Gasteiger partial charge in [-0.05, 0) is 30.3 Å². The fourth-order valence-electron chi connectivity index (χ4n) is 1.80. The van der Waals surface area contributed by atoms with Crippen LogP contribution in [0.1, 0.15) is 16.8 Å². The van der Waals surface area contributed by atoms with Gasteiger partial charge in [-0.15, -0.1) is 0 Å². The van der Waals surface area contributed by atoms with E-state index in [1.54, 1.807) is 54.6 Å². The van der Waals surface area contributed by atoms with Gasteiger partial charge in [0.25, 0.3) is 5.91 Å². The number of anilines is 2. The fraction of sp³-hybridized carbons (Fsp3) is 0.0625. The average molecular weight is 314 g/mol. The second-order valence-electron chi connectivity index (χ2n) is 4.40. The van der Waals surface area contributed by atoms with E-state index in [1.165, 1.54) is 0 Å². The highest BCUT2D eigenvalue weighted by atomic mass is 35.5. The lowest BCUT2D eigenvalue weighted by molar-refractivity contribution is -0.115. The molecule has 22 heavy (non-hydrogen) atoms. The lowest BCUT2D eigenvalue weighted by atomic mass is 10.2. The van der Waals surface area contributed by atoms with Crippen molar-refractivity contribution < 1.29 is 9.59 Å². The summed E-state index contributed by atoms with van der Waals surface area (Å²) in [6, 6.07) is 15.1. The number of amides is 2. The van der Waals surface area contributed by atoms with Gasteiger partial charge >= 0.3 is 0 Å². The molecule has 0 saturated carbocycles. The molecule has 0 bridgehead atoms. The Kier molecular flexibility index (Phi) is 5.12. The van der Waals surface area contributed by atoms with Crippen molar-refractivity contribution >= 4 is 34.8 Å². The van der Waals surface area contributed by atoms with Crippen LogP contribution in [0.4, 0.5) is 11.4 Å². The number of carbonyl (C=O) groups is 2. The van der Waals surface area contributed by atoms with Crippen molar-refractivity contribution in [3.8, 4) is 6.07 Å². The standard InChI is InChI=1S/C16H12ClN3O2/c17-14-7-2-1-6-13(14)16(22)20-12-5-3-4-11(10-12)19-15(21)8-9-18/h1-7,10H,8H2,(H,19,21)(H,20,22). The average Bonchev–Trinajstić information content (AvgIpc) is 2.48. The van der Waals surface area contributed by atoms with E-state index in [9.17, 15) is 9.59 Å². The molecule has 0 unspecified atom stereocenters. The Morgan fingerprint density at radius 2 is 1.73 bits per heavy atom. The van der Waals surface area contributed by atoms with E-state index in [0.717, 1.165) is 0 Å². The maximum absolute atomic E-state index is 12.1. The smallest absolute Gasteiger partial charge is 0.257 e. The van der Waals surface area contributed by atoms with Crippen molar-refractivity contribution in [2.75, 3.05) is 10.6 Å².